The number of nitrogens with zero attached hydrogens (tertiary/aromatic N) is 2. The summed E-state index contributed by atoms with van der Waals surface area (Å²) in [5, 5.41) is 6.37. The molecule has 0 atom stereocenters. The van der Waals surface area contributed by atoms with Gasteiger partial charge in [0.25, 0.3) is 5.91 Å². The predicted octanol–water partition coefficient (Wildman–Crippen LogP) is 4.13. The number of rotatable bonds is 5. The molecule has 5 nitrogen and oxygen atoms in total. The van der Waals surface area contributed by atoms with Crippen LogP contribution in [-0.4, -0.2) is 15.9 Å². The number of carbonyl (C=O) groups excluding carboxylic acids is 1. The zero-order chi connectivity index (χ0) is 17.6. The standard InChI is InChI=1S/C18H14ClFN4O/c19-13-3-1-12(2-4-13)11-22-18-21-10-9-16(24-18)17(25)23-15-7-5-14(20)6-8-15/h1-10H,11H2,(H,23,25)(H,21,22,24). The lowest BCUT2D eigenvalue weighted by atomic mass is 10.2. The second kappa shape index (κ2) is 7.72. The molecule has 0 aliphatic carbocycles. The van der Waals surface area contributed by atoms with Gasteiger partial charge in [0.05, 0.1) is 0 Å². The van der Waals surface area contributed by atoms with Gasteiger partial charge >= 0.3 is 0 Å². The molecule has 126 valence electrons. The number of carbonyl (C=O) groups is 1. The summed E-state index contributed by atoms with van der Waals surface area (Å²) in [6.45, 7) is 0.500. The molecule has 0 aliphatic heterocycles. The van der Waals surface area contributed by atoms with E-state index in [1.807, 2.05) is 12.1 Å². The molecule has 7 heteroatoms. The zero-order valence-corrected chi connectivity index (χ0v) is 13.8. The van der Waals surface area contributed by atoms with E-state index in [1.54, 1.807) is 12.1 Å². The molecule has 0 aliphatic rings. The van der Waals surface area contributed by atoms with Gasteiger partial charge in [-0.2, -0.15) is 0 Å². The first-order chi connectivity index (χ1) is 12.1. The largest absolute Gasteiger partial charge is 0.350 e. The summed E-state index contributed by atoms with van der Waals surface area (Å²) in [6, 6.07) is 14.4. The van der Waals surface area contributed by atoms with E-state index < -0.39 is 5.91 Å². The van der Waals surface area contributed by atoms with Gasteiger partial charge in [-0.15, -0.1) is 0 Å². The molecule has 3 aromatic rings. The SMILES string of the molecule is O=C(Nc1ccc(F)cc1)c1ccnc(NCc2ccc(Cl)cc2)n1. The summed E-state index contributed by atoms with van der Waals surface area (Å²) in [5.74, 6) is -0.432. The molecular formula is C18H14ClFN4O. The van der Waals surface area contributed by atoms with Crippen LogP contribution >= 0.6 is 11.6 Å². The lowest BCUT2D eigenvalue weighted by Crippen LogP contribution is -2.15. The van der Waals surface area contributed by atoms with Crippen molar-refractivity contribution in [3.63, 3.8) is 0 Å². The maximum atomic E-state index is 12.9. The van der Waals surface area contributed by atoms with Crippen LogP contribution in [0.1, 0.15) is 16.1 Å². The van der Waals surface area contributed by atoms with Crippen LogP contribution in [0.25, 0.3) is 0 Å². The number of benzene rings is 2. The fourth-order valence-electron chi connectivity index (χ4n) is 2.08. The van der Waals surface area contributed by atoms with Crippen LogP contribution in [0, 0.1) is 5.82 Å². The van der Waals surface area contributed by atoms with Crippen molar-refractivity contribution in [1.82, 2.24) is 9.97 Å². The molecule has 1 aromatic heterocycles. The number of hydrogen-bond donors (Lipinski definition) is 2. The van der Waals surface area contributed by atoms with Gasteiger partial charge < -0.3 is 10.6 Å². The highest BCUT2D eigenvalue weighted by Gasteiger charge is 2.09. The Labute approximate surface area is 148 Å². The van der Waals surface area contributed by atoms with Gasteiger partial charge in [0, 0.05) is 23.5 Å². The van der Waals surface area contributed by atoms with Gasteiger partial charge in [0.15, 0.2) is 0 Å². The summed E-state index contributed by atoms with van der Waals surface area (Å²) in [7, 11) is 0. The lowest BCUT2D eigenvalue weighted by Gasteiger charge is -2.08. The van der Waals surface area contributed by atoms with Gasteiger partial charge in [0.2, 0.25) is 5.95 Å². The average Bonchev–Trinajstić information content (AvgIpc) is 2.63. The number of nitrogens with one attached hydrogen (secondary N) is 2. The molecular weight excluding hydrogens is 343 g/mol. The average molecular weight is 357 g/mol. The molecule has 1 amide bonds. The molecule has 2 aromatic carbocycles. The smallest absolute Gasteiger partial charge is 0.274 e. The van der Waals surface area contributed by atoms with Crippen LogP contribution in [0.3, 0.4) is 0 Å². The highest BCUT2D eigenvalue weighted by Crippen LogP contribution is 2.12. The van der Waals surface area contributed by atoms with Crippen LogP contribution in [0.4, 0.5) is 16.0 Å². The zero-order valence-electron chi connectivity index (χ0n) is 13.0. The maximum Gasteiger partial charge on any atom is 0.274 e. The second-order valence-electron chi connectivity index (χ2n) is 5.21. The number of hydrogen-bond acceptors (Lipinski definition) is 4. The first-order valence-electron chi connectivity index (χ1n) is 7.48. The van der Waals surface area contributed by atoms with E-state index in [0.717, 1.165) is 5.56 Å². The van der Waals surface area contributed by atoms with Crippen molar-refractivity contribution >= 4 is 29.1 Å². The Hall–Kier alpha value is -2.99. The molecule has 0 spiro atoms. The quantitative estimate of drug-likeness (QED) is 0.721. The minimum absolute atomic E-state index is 0.206. The van der Waals surface area contributed by atoms with Gasteiger partial charge in [-0.05, 0) is 48.0 Å². The number of halogens is 2. The third-order valence-electron chi connectivity index (χ3n) is 3.35. The van der Waals surface area contributed by atoms with E-state index in [1.165, 1.54) is 36.5 Å². The maximum absolute atomic E-state index is 12.9. The van der Waals surface area contributed by atoms with Gasteiger partial charge in [0.1, 0.15) is 11.5 Å². The topological polar surface area (TPSA) is 66.9 Å². The molecule has 0 saturated heterocycles. The molecule has 0 radical (unpaired) electrons. The molecule has 0 fully saturated rings. The second-order valence-corrected chi connectivity index (χ2v) is 5.64. The first kappa shape index (κ1) is 16.9. The Morgan fingerprint density at radius 2 is 1.76 bits per heavy atom. The van der Waals surface area contributed by atoms with Crippen molar-refractivity contribution in [3.05, 3.63) is 82.9 Å². The van der Waals surface area contributed by atoms with Crippen molar-refractivity contribution in [3.8, 4) is 0 Å². The Bertz CT molecular complexity index is 869. The molecule has 1 heterocycles. The van der Waals surface area contributed by atoms with Gasteiger partial charge in [-0.3, -0.25) is 4.79 Å². The summed E-state index contributed by atoms with van der Waals surface area (Å²) < 4.78 is 12.9. The van der Waals surface area contributed by atoms with Crippen LogP contribution < -0.4 is 10.6 Å². The Balaban J connectivity index is 1.64. The molecule has 0 saturated carbocycles. The van der Waals surface area contributed by atoms with Crippen LogP contribution in [0.15, 0.2) is 60.8 Å². The monoisotopic (exact) mass is 356 g/mol. The van der Waals surface area contributed by atoms with Crippen molar-refractivity contribution < 1.29 is 9.18 Å². The fourth-order valence-corrected chi connectivity index (χ4v) is 2.21. The van der Waals surface area contributed by atoms with E-state index in [2.05, 4.69) is 20.6 Å². The van der Waals surface area contributed by atoms with E-state index in [9.17, 15) is 9.18 Å². The van der Waals surface area contributed by atoms with Gasteiger partial charge in [-0.25, -0.2) is 14.4 Å². The molecule has 3 rings (SSSR count). The highest BCUT2D eigenvalue weighted by atomic mass is 35.5. The summed E-state index contributed by atoms with van der Waals surface area (Å²) in [6.07, 6.45) is 1.50. The summed E-state index contributed by atoms with van der Waals surface area (Å²) in [4.78, 5) is 20.5. The third kappa shape index (κ3) is 4.74. The Morgan fingerprint density at radius 3 is 2.48 bits per heavy atom. The Morgan fingerprint density at radius 1 is 1.04 bits per heavy atom. The van der Waals surface area contributed by atoms with Crippen LogP contribution in [0.2, 0.25) is 5.02 Å². The first-order valence-corrected chi connectivity index (χ1v) is 7.86. The number of anilines is 2. The fraction of sp³-hybridized carbons (Fsp3) is 0.0556. The molecule has 25 heavy (non-hydrogen) atoms. The normalized spacial score (nSPS) is 10.3. The lowest BCUT2D eigenvalue weighted by molar-refractivity contribution is 0.102. The van der Waals surface area contributed by atoms with E-state index >= 15 is 0 Å². The van der Waals surface area contributed by atoms with Gasteiger partial charge in [-0.1, -0.05) is 23.7 Å². The van der Waals surface area contributed by atoms with E-state index in [-0.39, 0.29) is 11.5 Å². The Kier molecular flexibility index (Phi) is 5.20. The molecule has 0 bridgehead atoms. The van der Waals surface area contributed by atoms with Crippen molar-refractivity contribution in [2.75, 3.05) is 10.6 Å². The van der Waals surface area contributed by atoms with Crippen molar-refractivity contribution in [2.24, 2.45) is 0 Å². The minimum Gasteiger partial charge on any atom is -0.350 e. The van der Waals surface area contributed by atoms with Crippen LogP contribution in [0.5, 0.6) is 0 Å². The third-order valence-corrected chi connectivity index (χ3v) is 3.61. The summed E-state index contributed by atoms with van der Waals surface area (Å²) in [5.41, 5.74) is 1.70. The van der Waals surface area contributed by atoms with E-state index in [0.29, 0.717) is 23.2 Å². The predicted molar refractivity (Wildman–Crippen MR) is 95.2 cm³/mol. The minimum atomic E-state index is -0.399. The number of aromatic nitrogens is 2. The molecule has 0 unspecified atom stereocenters. The van der Waals surface area contributed by atoms with Crippen molar-refractivity contribution in [1.29, 1.82) is 0 Å². The van der Waals surface area contributed by atoms with Crippen molar-refractivity contribution in [2.45, 2.75) is 6.54 Å². The number of amides is 1. The van der Waals surface area contributed by atoms with Crippen LogP contribution in [-0.2, 0) is 6.54 Å². The highest BCUT2D eigenvalue weighted by molar-refractivity contribution is 6.30. The van der Waals surface area contributed by atoms with E-state index in [4.69, 9.17) is 11.6 Å². The molecule has 2 N–H and O–H groups in total. The summed E-state index contributed by atoms with van der Waals surface area (Å²) >= 11 is 5.85.